The number of rotatable bonds is 5. The van der Waals surface area contributed by atoms with Crippen LogP contribution in [-0.4, -0.2) is 55.4 Å². The Morgan fingerprint density at radius 3 is 2.00 bits per heavy atom. The molecule has 1 aliphatic rings. The summed E-state index contributed by atoms with van der Waals surface area (Å²) in [6.45, 7) is 2.14. The Kier molecular flexibility index (Phi) is 8.35. The van der Waals surface area contributed by atoms with Gasteiger partial charge < -0.3 is 25.2 Å². The fraction of sp³-hybridized carbons (Fsp3) is 0.412. The van der Waals surface area contributed by atoms with Crippen molar-refractivity contribution in [2.24, 2.45) is 0 Å². The highest BCUT2D eigenvalue weighted by molar-refractivity contribution is 5.89. The number of hydrogen-bond acceptors (Lipinski definition) is 5. The summed E-state index contributed by atoms with van der Waals surface area (Å²) in [6, 6.07) is 8.29. The van der Waals surface area contributed by atoms with Crippen LogP contribution in [0.25, 0.3) is 0 Å². The summed E-state index contributed by atoms with van der Waals surface area (Å²) in [4.78, 5) is 21.2. The van der Waals surface area contributed by atoms with Crippen LogP contribution in [0.3, 0.4) is 0 Å². The third kappa shape index (κ3) is 8.19. The smallest absolute Gasteiger partial charge is 0.328 e. The lowest BCUT2D eigenvalue weighted by molar-refractivity contribution is -0.134. The number of carboxylic acids is 2. The second kappa shape index (κ2) is 10.3. The molecule has 1 saturated heterocycles. The van der Waals surface area contributed by atoms with Crippen LogP contribution >= 0.6 is 0 Å². The number of aliphatic carboxylic acids is 2. The molecule has 7 heteroatoms. The summed E-state index contributed by atoms with van der Waals surface area (Å²) >= 11 is 0. The highest BCUT2D eigenvalue weighted by atomic mass is 16.5. The normalized spacial score (nSPS) is 14.6. The first-order valence-corrected chi connectivity index (χ1v) is 7.67. The summed E-state index contributed by atoms with van der Waals surface area (Å²) in [5.41, 5.74) is 1.21. The largest absolute Gasteiger partial charge is 0.490 e. The van der Waals surface area contributed by atoms with Crippen LogP contribution in [0.4, 0.5) is 5.69 Å². The van der Waals surface area contributed by atoms with Gasteiger partial charge in [0.05, 0.1) is 0 Å². The van der Waals surface area contributed by atoms with Crippen molar-refractivity contribution in [2.45, 2.75) is 18.9 Å². The number of piperidine rings is 1. The van der Waals surface area contributed by atoms with E-state index in [0.717, 1.165) is 31.7 Å². The van der Waals surface area contributed by atoms with Gasteiger partial charge in [0.15, 0.2) is 0 Å². The van der Waals surface area contributed by atoms with Crippen LogP contribution in [0.2, 0.25) is 0 Å². The third-order valence-corrected chi connectivity index (χ3v) is 3.31. The van der Waals surface area contributed by atoms with Gasteiger partial charge in [-0.15, -0.1) is 0 Å². The Bertz CT molecular complexity index is 533. The van der Waals surface area contributed by atoms with Gasteiger partial charge in [-0.1, -0.05) is 0 Å². The van der Waals surface area contributed by atoms with Crippen molar-refractivity contribution in [2.75, 3.05) is 32.1 Å². The molecular formula is C17H24N2O5. The third-order valence-electron chi connectivity index (χ3n) is 3.31. The first-order chi connectivity index (χ1) is 11.4. The topological polar surface area (TPSA) is 99.1 Å². The summed E-state index contributed by atoms with van der Waals surface area (Å²) < 4.78 is 5.93. The van der Waals surface area contributed by atoms with E-state index in [1.54, 1.807) is 0 Å². The van der Waals surface area contributed by atoms with Gasteiger partial charge in [-0.05, 0) is 50.2 Å². The molecule has 0 saturated carbocycles. The Morgan fingerprint density at radius 2 is 1.58 bits per heavy atom. The molecule has 0 aromatic heterocycles. The zero-order valence-corrected chi connectivity index (χ0v) is 13.9. The van der Waals surface area contributed by atoms with Crippen molar-refractivity contribution in [1.29, 1.82) is 0 Å². The van der Waals surface area contributed by atoms with E-state index in [0.29, 0.717) is 18.3 Å². The minimum absolute atomic E-state index is 0.381. The van der Waals surface area contributed by atoms with E-state index in [4.69, 9.17) is 14.9 Å². The molecule has 0 unspecified atom stereocenters. The molecule has 132 valence electrons. The van der Waals surface area contributed by atoms with E-state index < -0.39 is 11.9 Å². The molecule has 24 heavy (non-hydrogen) atoms. The first kappa shape index (κ1) is 19.5. The Balaban J connectivity index is 0.000000307. The van der Waals surface area contributed by atoms with Gasteiger partial charge in [-0.25, -0.2) is 9.59 Å². The highest BCUT2D eigenvalue weighted by Crippen LogP contribution is 2.20. The maximum atomic E-state index is 9.55. The molecule has 0 amide bonds. The average Bonchev–Trinajstić information content (AvgIpc) is 2.55. The molecule has 1 heterocycles. The monoisotopic (exact) mass is 336 g/mol. The van der Waals surface area contributed by atoms with Crippen molar-refractivity contribution in [3.63, 3.8) is 0 Å². The van der Waals surface area contributed by atoms with E-state index in [-0.39, 0.29) is 0 Å². The summed E-state index contributed by atoms with van der Waals surface area (Å²) in [6.07, 6.45) is 3.71. The van der Waals surface area contributed by atoms with Gasteiger partial charge in [0.1, 0.15) is 11.9 Å². The lowest BCUT2D eigenvalue weighted by Crippen LogP contribution is -2.34. The number of anilines is 1. The first-order valence-electron chi connectivity index (χ1n) is 7.67. The summed E-state index contributed by atoms with van der Waals surface area (Å²) in [5.74, 6) is -1.53. The molecule has 7 nitrogen and oxygen atoms in total. The Hall–Kier alpha value is -2.54. The van der Waals surface area contributed by atoms with Gasteiger partial charge in [0.25, 0.3) is 0 Å². The molecular weight excluding hydrogens is 312 g/mol. The second-order valence-corrected chi connectivity index (χ2v) is 5.47. The van der Waals surface area contributed by atoms with Crippen molar-refractivity contribution >= 4 is 17.6 Å². The summed E-state index contributed by atoms with van der Waals surface area (Å²) in [5, 5.41) is 19.0. The number of ether oxygens (including phenoxy) is 1. The fourth-order valence-corrected chi connectivity index (χ4v) is 2.07. The number of benzene rings is 1. The van der Waals surface area contributed by atoms with Gasteiger partial charge in [-0.3, -0.25) is 0 Å². The molecule has 3 N–H and O–H groups in total. The maximum Gasteiger partial charge on any atom is 0.328 e. The van der Waals surface area contributed by atoms with Crippen LogP contribution in [0, 0.1) is 0 Å². The second-order valence-electron chi connectivity index (χ2n) is 5.47. The van der Waals surface area contributed by atoms with Crippen LogP contribution in [0.1, 0.15) is 12.8 Å². The van der Waals surface area contributed by atoms with Crippen molar-refractivity contribution in [1.82, 2.24) is 5.32 Å². The molecule has 0 spiro atoms. The Labute approximate surface area is 141 Å². The van der Waals surface area contributed by atoms with E-state index in [1.807, 2.05) is 14.1 Å². The fourth-order valence-electron chi connectivity index (χ4n) is 2.07. The highest BCUT2D eigenvalue weighted by Gasteiger charge is 2.14. The number of carbonyl (C=O) groups is 2. The number of carboxylic acid groups (broad SMARTS) is 2. The van der Waals surface area contributed by atoms with Gasteiger partial charge in [-0.2, -0.15) is 0 Å². The van der Waals surface area contributed by atoms with E-state index in [2.05, 4.69) is 34.5 Å². The van der Waals surface area contributed by atoms with Gasteiger partial charge in [0, 0.05) is 31.9 Å². The number of hydrogen-bond donors (Lipinski definition) is 3. The van der Waals surface area contributed by atoms with Crippen LogP contribution in [0.5, 0.6) is 5.75 Å². The van der Waals surface area contributed by atoms with Gasteiger partial charge in [0.2, 0.25) is 0 Å². The van der Waals surface area contributed by atoms with Crippen molar-refractivity contribution < 1.29 is 24.5 Å². The van der Waals surface area contributed by atoms with Crippen molar-refractivity contribution in [3.05, 3.63) is 36.4 Å². The molecule has 0 radical (unpaired) electrons. The zero-order chi connectivity index (χ0) is 17.9. The lowest BCUT2D eigenvalue weighted by Gasteiger charge is -2.24. The predicted octanol–water partition coefficient (Wildman–Crippen LogP) is 1.60. The van der Waals surface area contributed by atoms with Gasteiger partial charge >= 0.3 is 11.9 Å². The summed E-state index contributed by atoms with van der Waals surface area (Å²) in [7, 11) is 4.09. The van der Waals surface area contributed by atoms with Crippen LogP contribution in [-0.2, 0) is 9.59 Å². The maximum absolute atomic E-state index is 9.55. The molecule has 0 atom stereocenters. The molecule has 1 aromatic carbocycles. The molecule has 0 bridgehead atoms. The molecule has 1 aromatic rings. The van der Waals surface area contributed by atoms with Crippen LogP contribution in [0.15, 0.2) is 36.4 Å². The molecule has 1 aliphatic heterocycles. The quantitative estimate of drug-likeness (QED) is 0.702. The standard InChI is InChI=1S/C13H20N2O.C4H4O4/c1-15(2)11-3-5-12(6-4-11)16-13-7-9-14-10-8-13;5-3(6)1-2-4(7)8/h3-6,13-14H,7-10H2,1-2H3;1-2H,(H,5,6)(H,7,8). The molecule has 0 aliphatic carbocycles. The van der Waals surface area contributed by atoms with E-state index in [9.17, 15) is 9.59 Å². The lowest BCUT2D eigenvalue weighted by atomic mass is 10.1. The molecule has 2 rings (SSSR count). The SMILES string of the molecule is CN(C)c1ccc(OC2CCNCC2)cc1.O=C(O)C=CC(=O)O. The molecule has 1 fully saturated rings. The average molecular weight is 336 g/mol. The van der Waals surface area contributed by atoms with E-state index >= 15 is 0 Å². The Morgan fingerprint density at radius 1 is 1.08 bits per heavy atom. The van der Waals surface area contributed by atoms with E-state index in [1.165, 1.54) is 5.69 Å². The minimum atomic E-state index is -1.26. The van der Waals surface area contributed by atoms with Crippen LogP contribution < -0.4 is 15.0 Å². The zero-order valence-electron chi connectivity index (χ0n) is 13.9. The number of nitrogens with one attached hydrogen (secondary N) is 1. The van der Waals surface area contributed by atoms with Crippen molar-refractivity contribution in [3.8, 4) is 5.75 Å². The number of nitrogens with zero attached hydrogens (tertiary/aromatic N) is 1. The minimum Gasteiger partial charge on any atom is -0.490 e. The predicted molar refractivity (Wildman–Crippen MR) is 91.7 cm³/mol.